The Morgan fingerprint density at radius 2 is 1.39 bits per heavy atom. The van der Waals surface area contributed by atoms with Crippen LogP contribution in [0.3, 0.4) is 0 Å². The minimum Gasteiger partial charge on any atom is -0.351 e. The molecule has 170 valence electrons. The van der Waals surface area contributed by atoms with E-state index in [2.05, 4.69) is 10.6 Å². The summed E-state index contributed by atoms with van der Waals surface area (Å²) in [5.74, 6) is 0.0234. The number of carbonyl (C=O) groups is 2. The zero-order chi connectivity index (χ0) is 23.1. The van der Waals surface area contributed by atoms with Crippen LogP contribution in [0.1, 0.15) is 42.5 Å². The SMILES string of the molecule is C[C@@H](NC(=O)N1CCC(C(=O)NCc2ccccc2)(c2ccccc2)CC1)c1ccccc1. The molecule has 0 bridgehead atoms. The van der Waals surface area contributed by atoms with Crippen LogP contribution in [0.4, 0.5) is 4.79 Å². The molecule has 0 spiro atoms. The smallest absolute Gasteiger partial charge is 0.317 e. The normalized spacial score (nSPS) is 16.0. The first-order chi connectivity index (χ1) is 16.1. The Morgan fingerprint density at radius 3 is 2.00 bits per heavy atom. The molecule has 1 saturated heterocycles. The minimum absolute atomic E-state index is 0.0234. The molecule has 5 heteroatoms. The monoisotopic (exact) mass is 441 g/mol. The van der Waals surface area contributed by atoms with Crippen LogP contribution in [0.25, 0.3) is 0 Å². The lowest BCUT2D eigenvalue weighted by Gasteiger charge is -2.41. The summed E-state index contributed by atoms with van der Waals surface area (Å²) in [5.41, 5.74) is 2.51. The summed E-state index contributed by atoms with van der Waals surface area (Å²) in [4.78, 5) is 28.3. The molecule has 4 rings (SSSR count). The zero-order valence-corrected chi connectivity index (χ0v) is 19.0. The average Bonchev–Trinajstić information content (AvgIpc) is 2.89. The lowest BCUT2D eigenvalue weighted by atomic mass is 9.72. The molecule has 3 aromatic carbocycles. The third-order valence-electron chi connectivity index (χ3n) is 6.60. The van der Waals surface area contributed by atoms with Crippen molar-refractivity contribution in [1.29, 1.82) is 0 Å². The van der Waals surface area contributed by atoms with Crippen LogP contribution in [0.2, 0.25) is 0 Å². The zero-order valence-electron chi connectivity index (χ0n) is 19.0. The van der Waals surface area contributed by atoms with Gasteiger partial charge in [-0.1, -0.05) is 91.0 Å². The maximum Gasteiger partial charge on any atom is 0.317 e. The molecule has 0 saturated carbocycles. The van der Waals surface area contributed by atoms with Crippen molar-refractivity contribution in [2.24, 2.45) is 0 Å². The lowest BCUT2D eigenvalue weighted by molar-refractivity contribution is -0.128. The molecule has 0 unspecified atom stereocenters. The number of benzene rings is 3. The van der Waals surface area contributed by atoms with Crippen molar-refractivity contribution in [1.82, 2.24) is 15.5 Å². The van der Waals surface area contributed by atoms with E-state index >= 15 is 0 Å². The van der Waals surface area contributed by atoms with Gasteiger partial charge >= 0.3 is 6.03 Å². The summed E-state index contributed by atoms with van der Waals surface area (Å²) in [6.07, 6.45) is 1.18. The largest absolute Gasteiger partial charge is 0.351 e. The van der Waals surface area contributed by atoms with Gasteiger partial charge in [-0.2, -0.15) is 0 Å². The van der Waals surface area contributed by atoms with E-state index < -0.39 is 5.41 Å². The third-order valence-corrected chi connectivity index (χ3v) is 6.60. The second kappa shape index (κ2) is 10.3. The highest BCUT2D eigenvalue weighted by atomic mass is 16.2. The highest BCUT2D eigenvalue weighted by molar-refractivity contribution is 5.89. The van der Waals surface area contributed by atoms with Crippen LogP contribution in [-0.2, 0) is 16.8 Å². The van der Waals surface area contributed by atoms with E-state index in [0.717, 1.165) is 16.7 Å². The summed E-state index contributed by atoms with van der Waals surface area (Å²) in [5, 5.41) is 6.24. The van der Waals surface area contributed by atoms with Crippen molar-refractivity contribution in [3.8, 4) is 0 Å². The van der Waals surface area contributed by atoms with Crippen molar-refractivity contribution >= 4 is 11.9 Å². The fourth-order valence-corrected chi connectivity index (χ4v) is 4.54. The molecule has 1 atom stereocenters. The summed E-state index contributed by atoms with van der Waals surface area (Å²) in [6, 6.07) is 29.7. The Bertz CT molecular complexity index is 1050. The summed E-state index contributed by atoms with van der Waals surface area (Å²) in [6.45, 7) is 3.54. The molecule has 0 aromatic heterocycles. The van der Waals surface area contributed by atoms with Crippen molar-refractivity contribution in [2.45, 2.75) is 37.8 Å². The van der Waals surface area contributed by atoms with Gasteiger partial charge in [-0.15, -0.1) is 0 Å². The van der Waals surface area contributed by atoms with E-state index in [1.54, 1.807) is 0 Å². The van der Waals surface area contributed by atoms with Crippen LogP contribution >= 0.6 is 0 Å². The fraction of sp³-hybridized carbons (Fsp3) is 0.286. The fourth-order valence-electron chi connectivity index (χ4n) is 4.54. The summed E-state index contributed by atoms with van der Waals surface area (Å²) < 4.78 is 0. The van der Waals surface area contributed by atoms with E-state index in [1.165, 1.54) is 0 Å². The predicted molar refractivity (Wildman–Crippen MR) is 131 cm³/mol. The average molecular weight is 442 g/mol. The predicted octanol–water partition coefficient (Wildman–Crippen LogP) is 4.81. The van der Waals surface area contributed by atoms with Crippen LogP contribution in [0, 0.1) is 0 Å². The maximum atomic E-state index is 13.5. The molecule has 0 radical (unpaired) electrons. The van der Waals surface area contributed by atoms with Crippen molar-refractivity contribution in [3.05, 3.63) is 108 Å². The molecular formula is C28H31N3O2. The molecule has 2 N–H and O–H groups in total. The third kappa shape index (κ3) is 5.25. The molecule has 1 aliphatic rings. The maximum absolute atomic E-state index is 13.5. The Morgan fingerprint density at radius 1 is 0.848 bits per heavy atom. The standard InChI is InChI=1S/C28H31N3O2/c1-22(24-13-7-3-8-14-24)30-27(33)31-19-17-28(18-20-31,25-15-9-4-10-16-25)26(32)29-21-23-11-5-2-6-12-23/h2-16,22H,17-21H2,1H3,(H,29,32)(H,30,33)/t22-/m1/s1. The Kier molecular flexibility index (Phi) is 7.08. The van der Waals surface area contributed by atoms with Gasteiger partial charge in [0.1, 0.15) is 0 Å². The van der Waals surface area contributed by atoms with Gasteiger partial charge in [0.25, 0.3) is 0 Å². The van der Waals surface area contributed by atoms with Gasteiger partial charge in [0.15, 0.2) is 0 Å². The first kappa shape index (κ1) is 22.6. The second-order valence-electron chi connectivity index (χ2n) is 8.69. The molecule has 5 nitrogen and oxygen atoms in total. The van der Waals surface area contributed by atoms with Gasteiger partial charge in [-0.25, -0.2) is 4.79 Å². The number of nitrogens with one attached hydrogen (secondary N) is 2. The van der Waals surface area contributed by atoms with Gasteiger partial charge in [-0.05, 0) is 36.5 Å². The first-order valence-electron chi connectivity index (χ1n) is 11.6. The molecule has 1 fully saturated rings. The number of piperidine rings is 1. The number of hydrogen-bond acceptors (Lipinski definition) is 2. The van der Waals surface area contributed by atoms with Gasteiger partial charge in [0.2, 0.25) is 5.91 Å². The second-order valence-corrected chi connectivity index (χ2v) is 8.69. The van der Waals surface area contributed by atoms with Crippen molar-refractivity contribution < 1.29 is 9.59 Å². The van der Waals surface area contributed by atoms with Gasteiger partial charge in [0.05, 0.1) is 11.5 Å². The Labute approximate surface area is 195 Å². The van der Waals surface area contributed by atoms with E-state index in [9.17, 15) is 9.59 Å². The Balaban J connectivity index is 1.44. The van der Waals surface area contributed by atoms with Crippen LogP contribution in [0.5, 0.6) is 0 Å². The number of hydrogen-bond donors (Lipinski definition) is 2. The number of urea groups is 1. The Hall–Kier alpha value is -3.60. The molecule has 1 heterocycles. The van der Waals surface area contributed by atoms with Crippen LogP contribution in [0.15, 0.2) is 91.0 Å². The number of amides is 3. The topological polar surface area (TPSA) is 61.4 Å². The van der Waals surface area contributed by atoms with Crippen LogP contribution < -0.4 is 10.6 Å². The van der Waals surface area contributed by atoms with Gasteiger partial charge < -0.3 is 15.5 Å². The molecule has 33 heavy (non-hydrogen) atoms. The number of likely N-dealkylation sites (tertiary alicyclic amines) is 1. The quantitative estimate of drug-likeness (QED) is 0.577. The lowest BCUT2D eigenvalue weighted by Crippen LogP contribution is -2.54. The van der Waals surface area contributed by atoms with Crippen LogP contribution in [-0.4, -0.2) is 29.9 Å². The molecule has 3 amide bonds. The van der Waals surface area contributed by atoms with Crippen molar-refractivity contribution in [3.63, 3.8) is 0 Å². The van der Waals surface area contributed by atoms with Crippen molar-refractivity contribution in [2.75, 3.05) is 13.1 Å². The first-order valence-corrected chi connectivity index (χ1v) is 11.6. The van der Waals surface area contributed by atoms with E-state index in [1.807, 2.05) is 103 Å². The van der Waals surface area contributed by atoms with E-state index in [0.29, 0.717) is 32.5 Å². The summed E-state index contributed by atoms with van der Waals surface area (Å²) >= 11 is 0. The van der Waals surface area contributed by atoms with Gasteiger partial charge in [-0.3, -0.25) is 4.79 Å². The summed E-state index contributed by atoms with van der Waals surface area (Å²) in [7, 11) is 0. The molecule has 3 aromatic rings. The highest BCUT2D eigenvalue weighted by Crippen LogP contribution is 2.36. The van der Waals surface area contributed by atoms with E-state index in [4.69, 9.17) is 0 Å². The number of nitrogens with zero attached hydrogens (tertiary/aromatic N) is 1. The number of rotatable bonds is 6. The molecular weight excluding hydrogens is 410 g/mol. The highest BCUT2D eigenvalue weighted by Gasteiger charge is 2.43. The minimum atomic E-state index is -0.641. The molecule has 1 aliphatic heterocycles. The number of carbonyl (C=O) groups excluding carboxylic acids is 2. The molecule has 0 aliphatic carbocycles. The van der Waals surface area contributed by atoms with E-state index in [-0.39, 0.29) is 18.0 Å². The van der Waals surface area contributed by atoms with Gasteiger partial charge in [0, 0.05) is 19.6 Å².